The molecule has 0 N–H and O–H groups in total. The largest absolute Gasteiger partial charge is 0.356 e. The summed E-state index contributed by atoms with van der Waals surface area (Å²) in [6.07, 6.45) is 1.66. The molecule has 5 heterocycles. The molecule has 7 nitrogen and oxygen atoms in total. The van der Waals surface area contributed by atoms with Crippen LogP contribution in [-0.4, -0.2) is 50.9 Å². The first-order chi connectivity index (χ1) is 13.5. The maximum atomic E-state index is 4.75. The lowest BCUT2D eigenvalue weighted by molar-refractivity contribution is 0.533. The minimum Gasteiger partial charge on any atom is -0.356 e. The number of hydrogen-bond donors (Lipinski definition) is 0. The zero-order chi connectivity index (χ0) is 19.4. The van der Waals surface area contributed by atoms with Crippen LogP contribution in [0.1, 0.15) is 22.0 Å². The number of hydrogen-bond acceptors (Lipinski definition) is 7. The number of fused-ring (bicyclic) bond motifs is 1. The molecular weight excluding hydrogens is 370 g/mol. The highest BCUT2D eigenvalue weighted by molar-refractivity contribution is 7.15. The summed E-state index contributed by atoms with van der Waals surface area (Å²) < 4.78 is 1.90. The van der Waals surface area contributed by atoms with Gasteiger partial charge >= 0.3 is 0 Å². The van der Waals surface area contributed by atoms with E-state index in [1.165, 1.54) is 10.0 Å². The number of nitrogens with zero attached hydrogens (tertiary/aromatic N) is 7. The van der Waals surface area contributed by atoms with Crippen molar-refractivity contribution in [1.82, 2.24) is 24.7 Å². The molecule has 5 rings (SSSR count). The Hall–Kier alpha value is -2.48. The van der Waals surface area contributed by atoms with Gasteiger partial charge < -0.3 is 9.80 Å². The van der Waals surface area contributed by atoms with Gasteiger partial charge in [0, 0.05) is 54.7 Å². The van der Waals surface area contributed by atoms with Crippen molar-refractivity contribution in [3.8, 4) is 5.82 Å². The van der Waals surface area contributed by atoms with Crippen molar-refractivity contribution >= 4 is 22.3 Å². The van der Waals surface area contributed by atoms with Crippen LogP contribution >= 0.6 is 11.3 Å². The standard InChI is InChI=1S/C20H25N7S/c1-12-5-13(2)27(24-12)19-6-18(21-11-22-19)25-7-16-9-26(10-17(16)8-25)20-23-14(3)15(4)28-20/h5-6,11,16-17H,7-10H2,1-4H3. The average Bonchev–Trinajstić information content (AvgIpc) is 3.39. The van der Waals surface area contributed by atoms with Crippen molar-refractivity contribution in [1.29, 1.82) is 0 Å². The highest BCUT2D eigenvalue weighted by Gasteiger charge is 2.41. The Morgan fingerprint density at radius 2 is 1.57 bits per heavy atom. The van der Waals surface area contributed by atoms with Gasteiger partial charge in [0.1, 0.15) is 12.1 Å². The van der Waals surface area contributed by atoms with E-state index in [0.29, 0.717) is 11.8 Å². The second-order valence-corrected chi connectivity index (χ2v) is 9.22. The van der Waals surface area contributed by atoms with E-state index in [-0.39, 0.29) is 0 Å². The van der Waals surface area contributed by atoms with Crippen molar-refractivity contribution in [3.63, 3.8) is 0 Å². The fourth-order valence-corrected chi connectivity index (χ4v) is 5.34. The Labute approximate surface area is 169 Å². The minimum absolute atomic E-state index is 0.664. The molecule has 0 aliphatic carbocycles. The summed E-state index contributed by atoms with van der Waals surface area (Å²) in [6.45, 7) is 12.6. The molecule has 2 fully saturated rings. The van der Waals surface area contributed by atoms with Gasteiger partial charge in [-0.05, 0) is 33.8 Å². The highest BCUT2D eigenvalue weighted by Crippen LogP contribution is 2.37. The Morgan fingerprint density at radius 3 is 2.18 bits per heavy atom. The van der Waals surface area contributed by atoms with Gasteiger partial charge in [-0.15, -0.1) is 11.3 Å². The number of thiazole rings is 1. The predicted octanol–water partition coefficient (Wildman–Crippen LogP) is 2.93. The van der Waals surface area contributed by atoms with Crippen LogP contribution in [0.4, 0.5) is 10.9 Å². The molecule has 2 saturated heterocycles. The SMILES string of the molecule is Cc1cc(C)n(-c2cc(N3CC4CN(c5nc(C)c(C)s5)CC4C3)ncn2)n1. The van der Waals surface area contributed by atoms with Crippen LogP contribution in [0.2, 0.25) is 0 Å². The van der Waals surface area contributed by atoms with Crippen LogP contribution in [0.15, 0.2) is 18.5 Å². The van der Waals surface area contributed by atoms with Gasteiger partial charge in [-0.3, -0.25) is 0 Å². The fourth-order valence-electron chi connectivity index (χ4n) is 4.41. The normalized spacial score (nSPS) is 21.6. The molecular formula is C20H25N7S. The van der Waals surface area contributed by atoms with Crippen molar-refractivity contribution in [2.24, 2.45) is 11.8 Å². The quantitative estimate of drug-likeness (QED) is 0.679. The highest BCUT2D eigenvalue weighted by atomic mass is 32.1. The van der Waals surface area contributed by atoms with E-state index in [4.69, 9.17) is 4.98 Å². The minimum atomic E-state index is 0.664. The molecule has 0 saturated carbocycles. The first kappa shape index (κ1) is 17.6. The molecule has 0 aromatic carbocycles. The van der Waals surface area contributed by atoms with E-state index in [9.17, 15) is 0 Å². The fraction of sp³-hybridized carbons (Fsp3) is 0.500. The van der Waals surface area contributed by atoms with Crippen LogP contribution < -0.4 is 9.80 Å². The van der Waals surface area contributed by atoms with Gasteiger partial charge in [-0.25, -0.2) is 19.6 Å². The van der Waals surface area contributed by atoms with Crippen LogP contribution in [0.25, 0.3) is 5.82 Å². The third-order valence-corrected chi connectivity index (χ3v) is 7.10. The van der Waals surface area contributed by atoms with E-state index < -0.39 is 0 Å². The molecule has 0 bridgehead atoms. The monoisotopic (exact) mass is 395 g/mol. The molecule has 0 amide bonds. The third kappa shape index (κ3) is 2.96. The summed E-state index contributed by atoms with van der Waals surface area (Å²) in [5, 5.41) is 5.74. The first-order valence-corrected chi connectivity index (χ1v) is 10.6. The average molecular weight is 396 g/mol. The van der Waals surface area contributed by atoms with Crippen molar-refractivity contribution in [2.75, 3.05) is 36.0 Å². The Morgan fingerprint density at radius 1 is 0.893 bits per heavy atom. The van der Waals surface area contributed by atoms with E-state index in [1.807, 2.05) is 22.9 Å². The van der Waals surface area contributed by atoms with E-state index in [2.05, 4.69) is 57.8 Å². The van der Waals surface area contributed by atoms with Crippen molar-refractivity contribution < 1.29 is 0 Å². The van der Waals surface area contributed by atoms with E-state index in [1.54, 1.807) is 6.33 Å². The number of rotatable bonds is 3. The molecule has 8 heteroatoms. The zero-order valence-electron chi connectivity index (χ0n) is 16.8. The van der Waals surface area contributed by atoms with Crippen LogP contribution in [0.3, 0.4) is 0 Å². The molecule has 3 aromatic rings. The summed E-state index contributed by atoms with van der Waals surface area (Å²) in [4.78, 5) is 19.9. The summed E-state index contributed by atoms with van der Waals surface area (Å²) in [5.41, 5.74) is 3.25. The maximum absolute atomic E-state index is 4.75. The lowest BCUT2D eigenvalue weighted by atomic mass is 10.0. The molecule has 146 valence electrons. The maximum Gasteiger partial charge on any atom is 0.185 e. The Bertz CT molecular complexity index is 990. The van der Waals surface area contributed by atoms with Crippen LogP contribution in [-0.2, 0) is 0 Å². The Kier molecular flexibility index (Phi) is 4.12. The molecule has 0 spiro atoms. The number of anilines is 2. The second kappa shape index (κ2) is 6.55. The molecule has 2 aliphatic rings. The van der Waals surface area contributed by atoms with Gasteiger partial charge in [0.2, 0.25) is 0 Å². The summed E-state index contributed by atoms with van der Waals surface area (Å²) in [7, 11) is 0. The van der Waals surface area contributed by atoms with Crippen molar-refractivity contribution in [3.05, 3.63) is 40.4 Å². The topological polar surface area (TPSA) is 63.0 Å². The second-order valence-electron chi connectivity index (χ2n) is 8.04. The predicted molar refractivity (Wildman–Crippen MR) is 112 cm³/mol. The first-order valence-electron chi connectivity index (χ1n) is 9.77. The van der Waals surface area contributed by atoms with Gasteiger partial charge in [0.25, 0.3) is 0 Å². The smallest absolute Gasteiger partial charge is 0.185 e. The van der Waals surface area contributed by atoms with E-state index in [0.717, 1.165) is 54.9 Å². The lowest BCUT2D eigenvalue weighted by Crippen LogP contribution is -2.29. The van der Waals surface area contributed by atoms with Crippen LogP contribution in [0, 0.1) is 39.5 Å². The molecule has 2 atom stereocenters. The van der Waals surface area contributed by atoms with Gasteiger partial charge in [-0.2, -0.15) is 5.10 Å². The molecule has 28 heavy (non-hydrogen) atoms. The third-order valence-electron chi connectivity index (χ3n) is 5.96. The molecule has 0 radical (unpaired) electrons. The van der Waals surface area contributed by atoms with E-state index >= 15 is 0 Å². The van der Waals surface area contributed by atoms with Gasteiger partial charge in [-0.1, -0.05) is 0 Å². The molecule has 2 aliphatic heterocycles. The number of aromatic nitrogens is 5. The zero-order valence-corrected chi connectivity index (χ0v) is 17.6. The molecule has 2 unspecified atom stereocenters. The molecule has 3 aromatic heterocycles. The summed E-state index contributed by atoms with van der Waals surface area (Å²) in [5.74, 6) is 3.16. The summed E-state index contributed by atoms with van der Waals surface area (Å²) >= 11 is 1.82. The van der Waals surface area contributed by atoms with Crippen molar-refractivity contribution in [2.45, 2.75) is 27.7 Å². The van der Waals surface area contributed by atoms with Crippen LogP contribution in [0.5, 0.6) is 0 Å². The number of aryl methyl sites for hydroxylation is 4. The Balaban J connectivity index is 1.32. The lowest BCUT2D eigenvalue weighted by Gasteiger charge is -2.22. The van der Waals surface area contributed by atoms with Gasteiger partial charge in [0.05, 0.1) is 11.4 Å². The van der Waals surface area contributed by atoms with Gasteiger partial charge in [0.15, 0.2) is 10.9 Å². The summed E-state index contributed by atoms with van der Waals surface area (Å²) in [6, 6.07) is 4.13.